The number of rotatable bonds is 2. The zero-order chi connectivity index (χ0) is 11.9. The van der Waals surface area contributed by atoms with E-state index >= 15 is 0 Å². The first-order chi connectivity index (χ1) is 7.50. The van der Waals surface area contributed by atoms with E-state index in [1.54, 1.807) is 0 Å². The van der Waals surface area contributed by atoms with E-state index in [1.807, 2.05) is 25.1 Å². The Labute approximate surface area is 105 Å². The number of allylic oxidation sites excluding steroid dienone is 1. The first-order valence-electron chi connectivity index (χ1n) is 4.62. The number of hydrogen-bond acceptors (Lipinski definition) is 2. The van der Waals surface area contributed by atoms with Crippen molar-refractivity contribution < 1.29 is 9.90 Å². The minimum absolute atomic E-state index is 0.362. The molecule has 0 aliphatic carbocycles. The predicted octanol–water partition coefficient (Wildman–Crippen LogP) is 4.40. The van der Waals surface area contributed by atoms with Crippen molar-refractivity contribution in [1.82, 2.24) is 0 Å². The van der Waals surface area contributed by atoms with Gasteiger partial charge >= 0.3 is 5.97 Å². The first-order valence-corrected chi connectivity index (χ1v) is 6.23. The quantitative estimate of drug-likeness (QED) is 0.892. The van der Waals surface area contributed by atoms with Gasteiger partial charge in [0.05, 0.1) is 0 Å². The molecule has 2 aromatic rings. The van der Waals surface area contributed by atoms with E-state index in [1.165, 1.54) is 11.3 Å². The average molecular weight is 297 g/mol. The van der Waals surface area contributed by atoms with Gasteiger partial charge < -0.3 is 5.11 Å². The summed E-state index contributed by atoms with van der Waals surface area (Å²) in [7, 11) is 0. The number of carboxylic acids is 1. The number of carboxylic acid groups (broad SMARTS) is 1. The highest BCUT2D eigenvalue weighted by Crippen LogP contribution is 2.36. The van der Waals surface area contributed by atoms with E-state index in [4.69, 9.17) is 5.11 Å². The van der Waals surface area contributed by atoms with Gasteiger partial charge in [-0.2, -0.15) is 0 Å². The molecule has 0 spiro atoms. The van der Waals surface area contributed by atoms with Crippen molar-refractivity contribution in [2.24, 2.45) is 0 Å². The SMILES string of the molecule is C=C(C)c1c(C(=O)O)sc2cc(Br)ccc12. The van der Waals surface area contributed by atoms with Crippen LogP contribution in [0.5, 0.6) is 0 Å². The lowest BCUT2D eigenvalue weighted by atomic mass is 10.0. The minimum atomic E-state index is -0.893. The third-order valence-electron chi connectivity index (χ3n) is 2.27. The van der Waals surface area contributed by atoms with Gasteiger partial charge in [0, 0.05) is 20.1 Å². The van der Waals surface area contributed by atoms with Gasteiger partial charge in [0.25, 0.3) is 0 Å². The molecule has 4 heteroatoms. The van der Waals surface area contributed by atoms with E-state index in [9.17, 15) is 4.79 Å². The van der Waals surface area contributed by atoms with Crippen molar-refractivity contribution in [2.45, 2.75) is 6.92 Å². The maximum atomic E-state index is 11.1. The molecule has 1 aromatic carbocycles. The van der Waals surface area contributed by atoms with Crippen LogP contribution in [0.15, 0.2) is 29.3 Å². The van der Waals surface area contributed by atoms with Crippen molar-refractivity contribution in [3.05, 3.63) is 39.7 Å². The normalized spacial score (nSPS) is 10.6. The molecule has 2 nitrogen and oxygen atoms in total. The Balaban J connectivity index is 2.86. The fourth-order valence-corrected chi connectivity index (χ4v) is 3.32. The van der Waals surface area contributed by atoms with Crippen LogP contribution in [0.1, 0.15) is 22.2 Å². The Kier molecular flexibility index (Phi) is 2.86. The van der Waals surface area contributed by atoms with Gasteiger partial charge in [-0.1, -0.05) is 28.6 Å². The maximum absolute atomic E-state index is 11.1. The van der Waals surface area contributed by atoms with Gasteiger partial charge in [0.15, 0.2) is 0 Å². The van der Waals surface area contributed by atoms with Crippen molar-refractivity contribution in [2.75, 3.05) is 0 Å². The summed E-state index contributed by atoms with van der Waals surface area (Å²) < 4.78 is 1.91. The summed E-state index contributed by atoms with van der Waals surface area (Å²) in [6, 6.07) is 5.76. The Morgan fingerprint density at radius 1 is 1.50 bits per heavy atom. The van der Waals surface area contributed by atoms with Crippen LogP contribution in [0.4, 0.5) is 0 Å². The summed E-state index contributed by atoms with van der Waals surface area (Å²) in [5.74, 6) is -0.893. The molecule has 1 aromatic heterocycles. The van der Waals surface area contributed by atoms with Crippen LogP contribution in [0, 0.1) is 0 Å². The topological polar surface area (TPSA) is 37.3 Å². The summed E-state index contributed by atoms with van der Waals surface area (Å²) in [5.41, 5.74) is 1.53. The van der Waals surface area contributed by atoms with Crippen molar-refractivity contribution in [3.8, 4) is 0 Å². The number of aromatic carboxylic acids is 1. The van der Waals surface area contributed by atoms with Crippen LogP contribution in [-0.4, -0.2) is 11.1 Å². The number of thiophene rings is 1. The van der Waals surface area contributed by atoms with Crippen LogP contribution < -0.4 is 0 Å². The summed E-state index contributed by atoms with van der Waals surface area (Å²) in [4.78, 5) is 11.5. The summed E-state index contributed by atoms with van der Waals surface area (Å²) >= 11 is 4.66. The number of carbonyl (C=O) groups is 1. The first kappa shape index (κ1) is 11.4. The molecule has 1 N–H and O–H groups in total. The van der Waals surface area contributed by atoms with E-state index in [0.717, 1.165) is 25.7 Å². The largest absolute Gasteiger partial charge is 0.477 e. The van der Waals surface area contributed by atoms with Crippen molar-refractivity contribution in [1.29, 1.82) is 0 Å². The fraction of sp³-hybridized carbons (Fsp3) is 0.0833. The molecule has 2 rings (SSSR count). The Morgan fingerprint density at radius 3 is 2.75 bits per heavy atom. The molecule has 82 valence electrons. The number of fused-ring (bicyclic) bond motifs is 1. The third kappa shape index (κ3) is 1.79. The molecular weight excluding hydrogens is 288 g/mol. The highest BCUT2D eigenvalue weighted by Gasteiger charge is 2.17. The summed E-state index contributed by atoms with van der Waals surface area (Å²) in [5, 5.41) is 10.1. The van der Waals surface area contributed by atoms with E-state index in [0.29, 0.717) is 4.88 Å². The van der Waals surface area contributed by atoms with E-state index in [-0.39, 0.29) is 0 Å². The molecule has 0 fully saturated rings. The highest BCUT2D eigenvalue weighted by molar-refractivity contribution is 9.10. The molecule has 0 bridgehead atoms. The van der Waals surface area contributed by atoms with Gasteiger partial charge in [0.2, 0.25) is 0 Å². The lowest BCUT2D eigenvalue weighted by molar-refractivity contribution is 0.0702. The smallest absolute Gasteiger partial charge is 0.346 e. The van der Waals surface area contributed by atoms with Crippen LogP contribution in [-0.2, 0) is 0 Å². The maximum Gasteiger partial charge on any atom is 0.346 e. The van der Waals surface area contributed by atoms with Crippen LogP contribution >= 0.6 is 27.3 Å². The van der Waals surface area contributed by atoms with Gasteiger partial charge in [-0.25, -0.2) is 4.79 Å². The second-order valence-corrected chi connectivity index (χ2v) is 5.50. The molecular formula is C12H9BrO2S. The van der Waals surface area contributed by atoms with Gasteiger partial charge in [-0.3, -0.25) is 0 Å². The monoisotopic (exact) mass is 296 g/mol. The molecule has 16 heavy (non-hydrogen) atoms. The van der Waals surface area contributed by atoms with Gasteiger partial charge in [0.1, 0.15) is 4.88 Å². The molecule has 0 unspecified atom stereocenters. The summed E-state index contributed by atoms with van der Waals surface area (Å²) in [6.45, 7) is 5.67. The Morgan fingerprint density at radius 2 is 2.19 bits per heavy atom. The van der Waals surface area contributed by atoms with Crippen LogP contribution in [0.25, 0.3) is 15.7 Å². The molecule has 0 atom stereocenters. The highest BCUT2D eigenvalue weighted by atomic mass is 79.9. The average Bonchev–Trinajstić information content (AvgIpc) is 2.55. The van der Waals surface area contributed by atoms with Crippen LogP contribution in [0.2, 0.25) is 0 Å². The molecule has 0 saturated heterocycles. The standard InChI is InChI=1S/C12H9BrO2S/c1-6(2)10-8-4-3-7(13)5-9(8)16-11(10)12(14)15/h3-5H,1H2,2H3,(H,14,15). The fourth-order valence-electron chi connectivity index (χ4n) is 1.64. The number of hydrogen-bond donors (Lipinski definition) is 1. The predicted molar refractivity (Wildman–Crippen MR) is 71.2 cm³/mol. The molecule has 1 heterocycles. The van der Waals surface area contributed by atoms with Crippen LogP contribution in [0.3, 0.4) is 0 Å². The number of benzene rings is 1. The molecule has 0 aliphatic rings. The summed E-state index contributed by atoms with van der Waals surface area (Å²) in [6.07, 6.45) is 0. The molecule has 0 radical (unpaired) electrons. The van der Waals surface area contributed by atoms with E-state index < -0.39 is 5.97 Å². The van der Waals surface area contributed by atoms with Gasteiger partial charge in [-0.05, 0) is 24.6 Å². The van der Waals surface area contributed by atoms with E-state index in [2.05, 4.69) is 22.5 Å². The second-order valence-electron chi connectivity index (χ2n) is 3.53. The lowest BCUT2D eigenvalue weighted by Crippen LogP contribution is -1.95. The number of halogens is 1. The zero-order valence-electron chi connectivity index (χ0n) is 8.58. The molecule has 0 aliphatic heterocycles. The Hall–Kier alpha value is -1.13. The third-order valence-corrected chi connectivity index (χ3v) is 3.91. The lowest BCUT2D eigenvalue weighted by Gasteiger charge is -1.99. The Bertz CT molecular complexity index is 598. The zero-order valence-corrected chi connectivity index (χ0v) is 11.0. The molecule has 0 amide bonds. The second kappa shape index (κ2) is 4.03. The van der Waals surface area contributed by atoms with Crippen molar-refractivity contribution >= 4 is 48.9 Å². The molecule has 0 saturated carbocycles. The van der Waals surface area contributed by atoms with Crippen molar-refractivity contribution in [3.63, 3.8) is 0 Å². The van der Waals surface area contributed by atoms with Gasteiger partial charge in [-0.15, -0.1) is 11.3 Å². The minimum Gasteiger partial charge on any atom is -0.477 e.